The van der Waals surface area contributed by atoms with Crippen molar-refractivity contribution in [3.63, 3.8) is 0 Å². The Hall–Kier alpha value is -3.37. The fraction of sp³-hybridized carbons (Fsp3) is 0.238. The maximum Gasteiger partial charge on any atom is 0.331 e. The zero-order chi connectivity index (χ0) is 23.0. The lowest BCUT2D eigenvalue weighted by molar-refractivity contribution is -0.148. The Morgan fingerprint density at radius 2 is 1.81 bits per heavy atom. The quantitative estimate of drug-likeness (QED) is 0.444. The molecule has 0 saturated heterocycles. The first-order chi connectivity index (χ1) is 14.6. The second-order valence-electron chi connectivity index (χ2n) is 6.31. The van der Waals surface area contributed by atoms with Crippen LogP contribution in [0.2, 0.25) is 0 Å². The van der Waals surface area contributed by atoms with Gasteiger partial charge in [0.1, 0.15) is 0 Å². The zero-order valence-electron chi connectivity index (χ0n) is 17.3. The van der Waals surface area contributed by atoms with Crippen molar-refractivity contribution in [1.82, 2.24) is 0 Å². The number of carbonyl (C=O) groups is 2. The number of methoxy groups -OCH3 is 1. The van der Waals surface area contributed by atoms with Crippen LogP contribution in [0, 0.1) is 0 Å². The van der Waals surface area contributed by atoms with Gasteiger partial charge in [0.2, 0.25) is 10.0 Å². The van der Waals surface area contributed by atoms with Crippen LogP contribution < -0.4 is 19.9 Å². The highest BCUT2D eigenvalue weighted by atomic mass is 32.2. The van der Waals surface area contributed by atoms with Crippen LogP contribution in [0.25, 0.3) is 6.08 Å². The van der Waals surface area contributed by atoms with Crippen molar-refractivity contribution in [2.75, 3.05) is 19.0 Å². The van der Waals surface area contributed by atoms with Gasteiger partial charge < -0.3 is 19.5 Å². The van der Waals surface area contributed by atoms with Crippen LogP contribution in [0.1, 0.15) is 19.4 Å². The number of nitrogens with two attached hydrogens (primary N) is 1. The molecule has 0 bridgehead atoms. The van der Waals surface area contributed by atoms with Crippen LogP contribution in [-0.2, 0) is 24.3 Å². The van der Waals surface area contributed by atoms with Crippen LogP contribution in [-0.4, -0.2) is 40.1 Å². The Labute approximate surface area is 180 Å². The lowest BCUT2D eigenvalue weighted by Crippen LogP contribution is -2.29. The van der Waals surface area contributed by atoms with Gasteiger partial charge in [-0.3, -0.25) is 4.79 Å². The van der Waals surface area contributed by atoms with Crippen LogP contribution in [0.15, 0.2) is 53.4 Å². The lowest BCUT2D eigenvalue weighted by atomic mass is 10.2. The van der Waals surface area contributed by atoms with Gasteiger partial charge in [0.25, 0.3) is 5.91 Å². The van der Waals surface area contributed by atoms with Crippen LogP contribution in [0.5, 0.6) is 11.5 Å². The van der Waals surface area contributed by atoms with E-state index in [9.17, 15) is 18.0 Å². The number of rotatable bonds is 9. The number of primary sulfonamides is 1. The number of nitrogens with one attached hydrogen (secondary N) is 1. The molecule has 0 aliphatic carbocycles. The molecule has 0 aliphatic rings. The molecule has 1 atom stereocenters. The first kappa shape index (κ1) is 23.9. The fourth-order valence-electron chi connectivity index (χ4n) is 2.47. The smallest absolute Gasteiger partial charge is 0.331 e. The number of hydrogen-bond donors (Lipinski definition) is 2. The first-order valence-electron chi connectivity index (χ1n) is 9.27. The van der Waals surface area contributed by atoms with Gasteiger partial charge in [-0.2, -0.15) is 0 Å². The molecule has 3 N–H and O–H groups in total. The lowest BCUT2D eigenvalue weighted by Gasteiger charge is -2.12. The van der Waals surface area contributed by atoms with E-state index >= 15 is 0 Å². The average molecular weight is 448 g/mol. The molecular weight excluding hydrogens is 424 g/mol. The standard InChI is InChI=1S/C21H24N2O7S/c1-4-29-18-11-5-15(13-19(18)28-3)6-12-20(24)30-14(2)21(25)23-16-7-9-17(10-8-16)31(22,26)27/h5-14H,4H2,1-3H3,(H,23,25)(H2,22,26,27)/b12-6-/t14-/m0/s1. The summed E-state index contributed by atoms with van der Waals surface area (Å²) in [6.07, 6.45) is 1.64. The summed E-state index contributed by atoms with van der Waals surface area (Å²) in [6.45, 7) is 3.77. The molecule has 0 aromatic heterocycles. The molecule has 0 fully saturated rings. The molecule has 0 aliphatic heterocycles. The Bertz CT molecular complexity index is 1060. The SMILES string of the molecule is CCOc1ccc(/C=C\C(=O)O[C@@H](C)C(=O)Nc2ccc(S(N)(=O)=O)cc2)cc1OC. The third-order valence-corrected chi connectivity index (χ3v) is 4.94. The molecule has 1 amide bonds. The van der Waals surface area contributed by atoms with Gasteiger partial charge in [0.05, 0.1) is 18.6 Å². The van der Waals surface area contributed by atoms with Gasteiger partial charge in [-0.15, -0.1) is 0 Å². The summed E-state index contributed by atoms with van der Waals surface area (Å²) in [4.78, 5) is 24.2. The minimum absolute atomic E-state index is 0.0824. The third kappa shape index (κ3) is 7.12. The zero-order valence-corrected chi connectivity index (χ0v) is 18.1. The van der Waals surface area contributed by atoms with E-state index in [1.807, 2.05) is 6.92 Å². The number of carbonyl (C=O) groups excluding carboxylic acids is 2. The molecule has 0 spiro atoms. The minimum atomic E-state index is -3.82. The van der Waals surface area contributed by atoms with E-state index in [0.717, 1.165) is 0 Å². The highest BCUT2D eigenvalue weighted by Crippen LogP contribution is 2.28. The van der Waals surface area contributed by atoms with Crippen molar-refractivity contribution in [2.45, 2.75) is 24.8 Å². The van der Waals surface area contributed by atoms with E-state index in [-0.39, 0.29) is 4.90 Å². The first-order valence-corrected chi connectivity index (χ1v) is 10.8. The summed E-state index contributed by atoms with van der Waals surface area (Å²) in [5.41, 5.74) is 1.02. The van der Waals surface area contributed by atoms with Crippen molar-refractivity contribution in [3.8, 4) is 11.5 Å². The summed E-state index contributed by atoms with van der Waals surface area (Å²) in [5.74, 6) is -0.168. The fourth-order valence-corrected chi connectivity index (χ4v) is 2.98. The molecule has 0 heterocycles. The van der Waals surface area contributed by atoms with Gasteiger partial charge in [0, 0.05) is 11.8 Å². The van der Waals surface area contributed by atoms with Crippen molar-refractivity contribution < 1.29 is 32.2 Å². The van der Waals surface area contributed by atoms with Gasteiger partial charge >= 0.3 is 5.97 Å². The van der Waals surface area contributed by atoms with Gasteiger partial charge in [-0.25, -0.2) is 18.4 Å². The van der Waals surface area contributed by atoms with Gasteiger partial charge in [-0.1, -0.05) is 6.07 Å². The number of sulfonamides is 1. The van der Waals surface area contributed by atoms with E-state index in [4.69, 9.17) is 19.3 Å². The summed E-state index contributed by atoms with van der Waals surface area (Å²) in [7, 11) is -2.31. The largest absolute Gasteiger partial charge is 0.493 e. The highest BCUT2D eigenvalue weighted by Gasteiger charge is 2.17. The molecule has 10 heteroatoms. The van der Waals surface area contributed by atoms with Crippen LogP contribution in [0.4, 0.5) is 5.69 Å². The van der Waals surface area contributed by atoms with E-state index in [1.165, 1.54) is 50.5 Å². The molecule has 0 unspecified atom stereocenters. The maximum atomic E-state index is 12.2. The van der Waals surface area contributed by atoms with E-state index in [2.05, 4.69) is 5.32 Å². The number of esters is 1. The Balaban J connectivity index is 1.94. The minimum Gasteiger partial charge on any atom is -0.493 e. The topological polar surface area (TPSA) is 134 Å². The summed E-state index contributed by atoms with van der Waals surface area (Å²) in [5, 5.41) is 7.55. The normalized spacial score (nSPS) is 12.3. The highest BCUT2D eigenvalue weighted by molar-refractivity contribution is 7.89. The number of amides is 1. The number of hydrogen-bond acceptors (Lipinski definition) is 7. The summed E-state index contributed by atoms with van der Waals surface area (Å²) in [6, 6.07) is 10.5. The number of ether oxygens (including phenoxy) is 3. The molecule has 0 radical (unpaired) electrons. The van der Waals surface area contributed by atoms with Crippen molar-refractivity contribution in [2.24, 2.45) is 5.14 Å². The van der Waals surface area contributed by atoms with Crippen LogP contribution >= 0.6 is 0 Å². The molecule has 2 aromatic rings. The van der Waals surface area contributed by atoms with Crippen LogP contribution in [0.3, 0.4) is 0 Å². The summed E-state index contributed by atoms with van der Waals surface area (Å²) < 4.78 is 38.3. The van der Waals surface area contributed by atoms with Gasteiger partial charge in [0.15, 0.2) is 17.6 Å². The summed E-state index contributed by atoms with van der Waals surface area (Å²) >= 11 is 0. The van der Waals surface area contributed by atoms with E-state index in [0.29, 0.717) is 29.4 Å². The third-order valence-electron chi connectivity index (χ3n) is 4.01. The number of anilines is 1. The molecule has 2 rings (SSSR count). The molecule has 9 nitrogen and oxygen atoms in total. The average Bonchev–Trinajstić information content (AvgIpc) is 2.72. The van der Waals surface area contributed by atoms with Gasteiger partial charge in [-0.05, 0) is 61.9 Å². The molecule has 2 aromatic carbocycles. The predicted octanol–water partition coefficient (Wildman–Crippen LogP) is 2.32. The molecule has 166 valence electrons. The van der Waals surface area contributed by atoms with Crippen molar-refractivity contribution >= 4 is 33.7 Å². The second kappa shape index (κ2) is 10.6. The van der Waals surface area contributed by atoms with Crippen molar-refractivity contribution in [1.29, 1.82) is 0 Å². The predicted molar refractivity (Wildman–Crippen MR) is 115 cm³/mol. The number of benzene rings is 2. The van der Waals surface area contributed by atoms with E-state index in [1.54, 1.807) is 18.2 Å². The maximum absolute atomic E-state index is 12.2. The molecular formula is C21H24N2O7S. The Kier molecular flexibility index (Phi) is 8.17. The second-order valence-corrected chi connectivity index (χ2v) is 7.88. The van der Waals surface area contributed by atoms with Crippen molar-refractivity contribution in [3.05, 3.63) is 54.1 Å². The monoisotopic (exact) mass is 448 g/mol. The molecule has 0 saturated carbocycles. The van der Waals surface area contributed by atoms with E-state index < -0.39 is 28.0 Å². The Morgan fingerprint density at radius 3 is 2.39 bits per heavy atom. The molecule has 31 heavy (non-hydrogen) atoms. The Morgan fingerprint density at radius 1 is 1.13 bits per heavy atom.